The predicted octanol–water partition coefficient (Wildman–Crippen LogP) is 3.70. The normalized spacial score (nSPS) is 21.3. The highest BCUT2D eigenvalue weighted by atomic mass is 19.4. The van der Waals surface area contributed by atoms with Crippen LogP contribution in [0, 0.1) is 5.82 Å². The number of benzene rings is 2. The minimum absolute atomic E-state index is 0.0485. The van der Waals surface area contributed by atoms with Gasteiger partial charge in [0.15, 0.2) is 0 Å². The molecule has 0 saturated carbocycles. The molecule has 194 valence electrons. The molecule has 0 radical (unpaired) electrons. The van der Waals surface area contributed by atoms with E-state index in [1.165, 1.54) is 43.5 Å². The number of nitrogens with zero attached hydrogens (tertiary/aromatic N) is 1. The lowest BCUT2D eigenvalue weighted by Gasteiger charge is -2.50. The first-order chi connectivity index (χ1) is 17.1. The van der Waals surface area contributed by atoms with Crippen LogP contribution in [0.25, 0.3) is 0 Å². The maximum atomic E-state index is 14.4. The van der Waals surface area contributed by atoms with E-state index in [9.17, 15) is 27.2 Å². The van der Waals surface area contributed by atoms with Crippen LogP contribution in [0.1, 0.15) is 29.9 Å². The van der Waals surface area contributed by atoms with E-state index in [1.54, 1.807) is 12.1 Å². The number of halogens is 4. The Balaban J connectivity index is 1.64. The molecule has 0 bridgehead atoms. The molecule has 2 aromatic carbocycles. The Kier molecular flexibility index (Phi) is 6.87. The van der Waals surface area contributed by atoms with Crippen LogP contribution in [0.15, 0.2) is 48.5 Å². The number of carbonyl (C=O) groups is 2. The second kappa shape index (κ2) is 9.61. The summed E-state index contributed by atoms with van der Waals surface area (Å²) in [5.74, 6) is -1.76. The molecule has 0 aromatic heterocycles. The van der Waals surface area contributed by atoms with Gasteiger partial charge in [-0.25, -0.2) is 9.18 Å². The van der Waals surface area contributed by atoms with Crippen molar-refractivity contribution in [2.75, 3.05) is 33.9 Å². The highest BCUT2D eigenvalue weighted by molar-refractivity contribution is 5.88. The summed E-state index contributed by atoms with van der Waals surface area (Å²) in [7, 11) is 2.28. The minimum Gasteiger partial charge on any atom is -0.496 e. The lowest BCUT2D eigenvalue weighted by atomic mass is 9.71. The van der Waals surface area contributed by atoms with Crippen molar-refractivity contribution >= 4 is 11.9 Å². The zero-order chi connectivity index (χ0) is 26.1. The zero-order valence-corrected chi connectivity index (χ0v) is 19.8. The van der Waals surface area contributed by atoms with Crippen molar-refractivity contribution in [2.24, 2.45) is 0 Å². The van der Waals surface area contributed by atoms with Gasteiger partial charge in [-0.1, -0.05) is 36.4 Å². The molecule has 2 aliphatic rings. The Labute approximate surface area is 205 Å². The summed E-state index contributed by atoms with van der Waals surface area (Å²) < 4.78 is 67.3. The summed E-state index contributed by atoms with van der Waals surface area (Å²) in [4.78, 5) is 26.9. The van der Waals surface area contributed by atoms with E-state index in [0.717, 1.165) is 12.0 Å². The largest absolute Gasteiger partial charge is 0.496 e. The van der Waals surface area contributed by atoms with E-state index in [-0.39, 0.29) is 44.0 Å². The number of amides is 3. The lowest BCUT2D eigenvalue weighted by molar-refractivity contribution is -0.270. The van der Waals surface area contributed by atoms with Crippen molar-refractivity contribution in [2.45, 2.75) is 36.1 Å². The van der Waals surface area contributed by atoms with E-state index in [0.29, 0.717) is 11.3 Å². The second-order valence-corrected chi connectivity index (χ2v) is 8.97. The predicted molar refractivity (Wildman–Crippen MR) is 122 cm³/mol. The zero-order valence-electron chi connectivity index (χ0n) is 19.8. The van der Waals surface area contributed by atoms with Crippen LogP contribution >= 0.6 is 0 Å². The summed E-state index contributed by atoms with van der Waals surface area (Å²) in [5.41, 5.74) is -3.69. The molecule has 2 heterocycles. The number of alkyl halides is 3. The number of piperidine rings is 1. The number of likely N-dealkylation sites (tertiary alicyclic amines) is 1. The number of rotatable bonds is 5. The number of methoxy groups -OCH3 is 2. The number of nitrogens with one attached hydrogen (secondary N) is 2. The number of ether oxygens (including phenoxy) is 2. The monoisotopic (exact) mass is 509 g/mol. The molecule has 7 nitrogen and oxygen atoms in total. The lowest BCUT2D eigenvalue weighted by Crippen LogP contribution is -2.67. The fourth-order valence-corrected chi connectivity index (χ4v) is 5.34. The van der Waals surface area contributed by atoms with E-state index in [2.05, 4.69) is 10.6 Å². The number of urea groups is 1. The highest BCUT2D eigenvalue weighted by Crippen LogP contribution is 2.46. The van der Waals surface area contributed by atoms with Crippen molar-refractivity contribution < 1.29 is 36.6 Å². The molecule has 2 saturated heterocycles. The number of hydrogen-bond acceptors (Lipinski definition) is 4. The van der Waals surface area contributed by atoms with Crippen LogP contribution in [0.5, 0.6) is 5.75 Å². The molecule has 1 spiro atoms. The number of hydrogen-bond donors (Lipinski definition) is 2. The average molecular weight is 510 g/mol. The Morgan fingerprint density at radius 3 is 2.33 bits per heavy atom. The second-order valence-electron chi connectivity index (χ2n) is 8.97. The van der Waals surface area contributed by atoms with Gasteiger partial charge in [0.1, 0.15) is 11.6 Å². The molecular weight excluding hydrogens is 482 g/mol. The van der Waals surface area contributed by atoms with E-state index in [1.807, 2.05) is 0 Å². The van der Waals surface area contributed by atoms with Crippen molar-refractivity contribution in [1.82, 2.24) is 15.5 Å². The van der Waals surface area contributed by atoms with Gasteiger partial charge in [0.05, 0.1) is 12.6 Å². The third-order valence-corrected chi connectivity index (χ3v) is 7.20. The molecule has 3 amide bonds. The van der Waals surface area contributed by atoms with Gasteiger partial charge in [-0.3, -0.25) is 4.79 Å². The smallest absolute Gasteiger partial charge is 0.430 e. The van der Waals surface area contributed by atoms with Gasteiger partial charge >= 0.3 is 12.2 Å². The SMILES string of the molecule is COc1cc(F)ccc1C1CNC(=O)NC12CCN(C(=O)[C@](OC)(c1ccccc1)C(F)(F)F)CC2. The summed E-state index contributed by atoms with van der Waals surface area (Å²) in [5, 5.41) is 5.66. The molecule has 2 N–H and O–H groups in total. The third kappa shape index (κ3) is 4.25. The Hall–Kier alpha value is -3.34. The van der Waals surface area contributed by atoms with Gasteiger partial charge in [0.2, 0.25) is 0 Å². The fourth-order valence-electron chi connectivity index (χ4n) is 5.34. The van der Waals surface area contributed by atoms with E-state index >= 15 is 0 Å². The quantitative estimate of drug-likeness (QED) is 0.603. The van der Waals surface area contributed by atoms with Crippen molar-refractivity contribution in [1.29, 1.82) is 0 Å². The van der Waals surface area contributed by atoms with Crippen LogP contribution in [0.4, 0.5) is 22.4 Å². The van der Waals surface area contributed by atoms with Crippen molar-refractivity contribution in [3.8, 4) is 5.75 Å². The van der Waals surface area contributed by atoms with Crippen LogP contribution in [-0.4, -0.2) is 62.4 Å². The Bertz CT molecular complexity index is 1120. The molecule has 2 aromatic rings. The van der Waals surface area contributed by atoms with Gasteiger partial charge in [0.25, 0.3) is 11.5 Å². The average Bonchev–Trinajstić information content (AvgIpc) is 2.85. The molecule has 4 rings (SSSR count). The van der Waals surface area contributed by atoms with Gasteiger partial charge in [-0.05, 0) is 18.9 Å². The molecule has 2 fully saturated rings. The molecule has 2 atom stereocenters. The molecular formula is C25H27F4N3O4. The molecule has 2 aliphatic heterocycles. The third-order valence-electron chi connectivity index (χ3n) is 7.20. The maximum Gasteiger partial charge on any atom is 0.430 e. The van der Waals surface area contributed by atoms with Crippen molar-refractivity contribution in [3.05, 3.63) is 65.5 Å². The summed E-state index contributed by atoms with van der Waals surface area (Å²) in [6.45, 7) is 0.122. The fraction of sp³-hybridized carbons (Fsp3) is 0.440. The first kappa shape index (κ1) is 25.7. The molecule has 0 aliphatic carbocycles. The van der Waals surface area contributed by atoms with Crippen LogP contribution in [-0.2, 0) is 15.1 Å². The van der Waals surface area contributed by atoms with Gasteiger partial charge in [-0.2, -0.15) is 13.2 Å². The molecule has 36 heavy (non-hydrogen) atoms. The topological polar surface area (TPSA) is 79.9 Å². The van der Waals surface area contributed by atoms with Crippen LogP contribution in [0.3, 0.4) is 0 Å². The summed E-state index contributed by atoms with van der Waals surface area (Å²) in [6.07, 6.45) is -4.64. The summed E-state index contributed by atoms with van der Waals surface area (Å²) in [6, 6.07) is 10.5. The van der Waals surface area contributed by atoms with Crippen LogP contribution in [0.2, 0.25) is 0 Å². The van der Waals surface area contributed by atoms with Gasteiger partial charge in [-0.15, -0.1) is 0 Å². The maximum absolute atomic E-state index is 14.4. The van der Waals surface area contributed by atoms with E-state index < -0.39 is 35.1 Å². The standard InChI is InChI=1S/C25H27F4N3O4/c1-35-20-14-17(26)8-9-18(20)19-15-30-22(34)31-23(19)10-12-32(13-11-23)21(33)24(36-2,25(27,28)29)16-6-4-3-5-7-16/h3-9,14,19H,10-13,15H2,1-2H3,(H2,30,31,34)/t19?,24-/m1/s1. The molecule has 1 unspecified atom stereocenters. The highest BCUT2D eigenvalue weighted by Gasteiger charge is 2.64. The minimum atomic E-state index is -5.01. The Morgan fingerprint density at radius 1 is 1.08 bits per heavy atom. The number of carbonyl (C=O) groups excluding carboxylic acids is 2. The van der Waals surface area contributed by atoms with Gasteiger partial charge < -0.3 is 25.0 Å². The van der Waals surface area contributed by atoms with Gasteiger partial charge in [0, 0.05) is 49.9 Å². The Morgan fingerprint density at radius 2 is 1.75 bits per heavy atom. The molecule has 11 heteroatoms. The first-order valence-electron chi connectivity index (χ1n) is 11.4. The first-order valence-corrected chi connectivity index (χ1v) is 11.4. The van der Waals surface area contributed by atoms with E-state index in [4.69, 9.17) is 9.47 Å². The summed E-state index contributed by atoms with van der Waals surface area (Å²) >= 11 is 0. The van der Waals surface area contributed by atoms with Crippen LogP contribution < -0.4 is 15.4 Å². The van der Waals surface area contributed by atoms with Crippen molar-refractivity contribution in [3.63, 3.8) is 0 Å².